The smallest absolute Gasteiger partial charge is 0.251 e. The highest BCUT2D eigenvalue weighted by molar-refractivity contribution is 7.89. The maximum absolute atomic E-state index is 13.0. The second-order valence-corrected chi connectivity index (χ2v) is 9.59. The van der Waals surface area contributed by atoms with Crippen molar-refractivity contribution in [3.63, 3.8) is 0 Å². The van der Waals surface area contributed by atoms with Crippen LogP contribution in [-0.4, -0.2) is 38.3 Å². The van der Waals surface area contributed by atoms with Crippen molar-refractivity contribution in [2.24, 2.45) is 0 Å². The Balaban J connectivity index is 1.44. The maximum Gasteiger partial charge on any atom is 0.251 e. The van der Waals surface area contributed by atoms with Gasteiger partial charge in [0.25, 0.3) is 5.91 Å². The van der Waals surface area contributed by atoms with Crippen LogP contribution in [0.3, 0.4) is 0 Å². The zero-order chi connectivity index (χ0) is 19.6. The second-order valence-electron chi connectivity index (χ2n) is 7.66. The van der Waals surface area contributed by atoms with Crippen molar-refractivity contribution in [1.82, 2.24) is 9.62 Å². The van der Waals surface area contributed by atoms with Gasteiger partial charge in [-0.1, -0.05) is 43.2 Å². The van der Waals surface area contributed by atoms with Crippen molar-refractivity contribution in [2.45, 2.75) is 42.9 Å². The molecule has 28 heavy (non-hydrogen) atoms. The van der Waals surface area contributed by atoms with E-state index in [1.54, 1.807) is 22.5 Å². The van der Waals surface area contributed by atoms with E-state index in [2.05, 4.69) is 17.4 Å². The highest BCUT2D eigenvalue weighted by Crippen LogP contribution is 2.34. The first-order valence-electron chi connectivity index (χ1n) is 10.0. The SMILES string of the molecule is O=C(NC[C@H]1Cc2ccccc21)c1cccc(S(=O)(=O)N2CCCCCC2)c1. The molecule has 0 radical (unpaired) electrons. The Morgan fingerprint density at radius 2 is 1.75 bits per heavy atom. The molecule has 1 aliphatic carbocycles. The quantitative estimate of drug-likeness (QED) is 0.840. The molecule has 5 nitrogen and oxygen atoms in total. The van der Waals surface area contributed by atoms with Gasteiger partial charge in [-0.25, -0.2) is 8.42 Å². The van der Waals surface area contributed by atoms with Gasteiger partial charge in [0, 0.05) is 31.1 Å². The van der Waals surface area contributed by atoms with Crippen LogP contribution in [0.4, 0.5) is 0 Å². The minimum atomic E-state index is -3.55. The summed E-state index contributed by atoms with van der Waals surface area (Å²) in [6.07, 6.45) is 4.89. The van der Waals surface area contributed by atoms with Crippen LogP contribution in [0.15, 0.2) is 53.4 Å². The van der Waals surface area contributed by atoms with Gasteiger partial charge in [-0.2, -0.15) is 4.31 Å². The molecule has 0 bridgehead atoms. The lowest BCUT2D eigenvalue weighted by atomic mass is 9.77. The van der Waals surface area contributed by atoms with Gasteiger partial charge < -0.3 is 5.32 Å². The molecule has 1 fully saturated rings. The minimum Gasteiger partial charge on any atom is -0.351 e. The molecule has 0 saturated carbocycles. The Kier molecular flexibility index (Phi) is 5.51. The standard InChI is InChI=1S/C22H26N2O3S/c25-22(23-16-19-14-17-8-3-4-11-21(17)19)18-9-7-10-20(15-18)28(26,27)24-12-5-1-2-6-13-24/h3-4,7-11,15,19H,1-2,5-6,12-14,16H2,(H,23,25)/t19-/m1/s1. The van der Waals surface area contributed by atoms with E-state index in [-0.39, 0.29) is 10.8 Å². The molecular formula is C22H26N2O3S. The van der Waals surface area contributed by atoms with Gasteiger partial charge in [-0.3, -0.25) is 4.79 Å². The van der Waals surface area contributed by atoms with E-state index < -0.39 is 10.0 Å². The summed E-state index contributed by atoms with van der Waals surface area (Å²) in [7, 11) is -3.55. The zero-order valence-corrected chi connectivity index (χ0v) is 16.7. The molecular weight excluding hydrogens is 372 g/mol. The molecule has 1 atom stereocenters. The van der Waals surface area contributed by atoms with Crippen LogP contribution in [-0.2, 0) is 16.4 Å². The molecule has 4 rings (SSSR count). The van der Waals surface area contributed by atoms with Crippen molar-refractivity contribution in [3.05, 3.63) is 65.2 Å². The van der Waals surface area contributed by atoms with Crippen LogP contribution in [0.25, 0.3) is 0 Å². The number of carbonyl (C=O) groups excluding carboxylic acids is 1. The van der Waals surface area contributed by atoms with E-state index in [0.29, 0.717) is 31.1 Å². The molecule has 0 spiro atoms. The normalized spacial score (nSPS) is 19.9. The fourth-order valence-electron chi connectivity index (χ4n) is 4.09. The Labute approximate surface area is 166 Å². The number of amides is 1. The van der Waals surface area contributed by atoms with Crippen molar-refractivity contribution in [1.29, 1.82) is 0 Å². The van der Waals surface area contributed by atoms with Gasteiger partial charge in [-0.05, 0) is 48.6 Å². The van der Waals surface area contributed by atoms with Crippen LogP contribution >= 0.6 is 0 Å². The van der Waals surface area contributed by atoms with Gasteiger partial charge in [0.1, 0.15) is 0 Å². The summed E-state index contributed by atoms with van der Waals surface area (Å²) in [5.41, 5.74) is 3.02. The average Bonchev–Trinajstić information content (AvgIpc) is 2.99. The van der Waals surface area contributed by atoms with Gasteiger partial charge >= 0.3 is 0 Å². The van der Waals surface area contributed by atoms with E-state index in [1.807, 2.05) is 12.1 Å². The summed E-state index contributed by atoms with van der Waals surface area (Å²) in [6.45, 7) is 1.68. The van der Waals surface area contributed by atoms with Crippen LogP contribution in [0, 0.1) is 0 Å². The number of benzene rings is 2. The topological polar surface area (TPSA) is 66.5 Å². The Morgan fingerprint density at radius 1 is 1.00 bits per heavy atom. The highest BCUT2D eigenvalue weighted by atomic mass is 32.2. The van der Waals surface area contributed by atoms with Gasteiger partial charge in [0.05, 0.1) is 4.90 Å². The van der Waals surface area contributed by atoms with Crippen LogP contribution in [0.2, 0.25) is 0 Å². The lowest BCUT2D eigenvalue weighted by Gasteiger charge is -2.30. The van der Waals surface area contributed by atoms with Crippen molar-refractivity contribution in [3.8, 4) is 0 Å². The number of fused-ring (bicyclic) bond motifs is 1. The summed E-state index contributed by atoms with van der Waals surface area (Å²) in [6, 6.07) is 14.7. The zero-order valence-electron chi connectivity index (χ0n) is 15.9. The number of rotatable bonds is 5. The summed E-state index contributed by atoms with van der Waals surface area (Å²) < 4.78 is 27.5. The molecule has 6 heteroatoms. The number of nitrogens with one attached hydrogen (secondary N) is 1. The number of carbonyl (C=O) groups is 1. The molecule has 1 aliphatic heterocycles. The summed E-state index contributed by atoms with van der Waals surface area (Å²) >= 11 is 0. The van der Waals surface area contributed by atoms with E-state index in [4.69, 9.17) is 0 Å². The summed E-state index contributed by atoms with van der Waals surface area (Å²) in [4.78, 5) is 12.8. The third-order valence-electron chi connectivity index (χ3n) is 5.77. The Hall–Kier alpha value is -2.18. The number of hydrogen-bond donors (Lipinski definition) is 1. The molecule has 1 N–H and O–H groups in total. The third kappa shape index (κ3) is 3.84. The fraction of sp³-hybridized carbons (Fsp3) is 0.409. The van der Waals surface area contributed by atoms with Crippen LogP contribution in [0.1, 0.15) is 53.1 Å². The lowest BCUT2D eigenvalue weighted by molar-refractivity contribution is 0.0950. The molecule has 1 amide bonds. The summed E-state index contributed by atoms with van der Waals surface area (Å²) in [5.74, 6) is 0.112. The first-order chi connectivity index (χ1) is 13.6. The van der Waals surface area contributed by atoms with E-state index >= 15 is 0 Å². The number of sulfonamides is 1. The van der Waals surface area contributed by atoms with E-state index in [1.165, 1.54) is 17.2 Å². The van der Waals surface area contributed by atoms with Gasteiger partial charge in [0.15, 0.2) is 0 Å². The van der Waals surface area contributed by atoms with Crippen LogP contribution < -0.4 is 5.32 Å². The monoisotopic (exact) mass is 398 g/mol. The molecule has 148 valence electrons. The van der Waals surface area contributed by atoms with Crippen molar-refractivity contribution < 1.29 is 13.2 Å². The van der Waals surface area contributed by atoms with E-state index in [0.717, 1.165) is 32.1 Å². The second kappa shape index (κ2) is 8.05. The van der Waals surface area contributed by atoms with Crippen molar-refractivity contribution in [2.75, 3.05) is 19.6 Å². The average molecular weight is 399 g/mol. The fourth-order valence-corrected chi connectivity index (χ4v) is 5.66. The molecule has 2 aliphatic rings. The number of nitrogens with zero attached hydrogens (tertiary/aromatic N) is 1. The number of hydrogen-bond acceptors (Lipinski definition) is 3. The minimum absolute atomic E-state index is 0.205. The largest absolute Gasteiger partial charge is 0.351 e. The predicted octanol–water partition coefficient (Wildman–Crippen LogP) is 3.32. The van der Waals surface area contributed by atoms with E-state index in [9.17, 15) is 13.2 Å². The van der Waals surface area contributed by atoms with Gasteiger partial charge in [0.2, 0.25) is 10.0 Å². The molecule has 1 heterocycles. The first kappa shape index (κ1) is 19.2. The predicted molar refractivity (Wildman–Crippen MR) is 109 cm³/mol. The maximum atomic E-state index is 13.0. The lowest BCUT2D eigenvalue weighted by Crippen LogP contribution is -2.34. The Bertz CT molecular complexity index is 963. The highest BCUT2D eigenvalue weighted by Gasteiger charge is 2.27. The molecule has 0 aromatic heterocycles. The van der Waals surface area contributed by atoms with Crippen molar-refractivity contribution >= 4 is 15.9 Å². The molecule has 1 saturated heterocycles. The van der Waals surface area contributed by atoms with Gasteiger partial charge in [-0.15, -0.1) is 0 Å². The van der Waals surface area contributed by atoms with Crippen LogP contribution in [0.5, 0.6) is 0 Å². The summed E-state index contributed by atoms with van der Waals surface area (Å²) in [5, 5.41) is 2.96. The Morgan fingerprint density at radius 3 is 2.50 bits per heavy atom. The molecule has 2 aromatic carbocycles. The molecule has 2 aromatic rings. The first-order valence-corrected chi connectivity index (χ1v) is 11.5. The third-order valence-corrected chi connectivity index (χ3v) is 7.66. The molecule has 0 unspecified atom stereocenters.